The molecule has 0 aliphatic carbocycles. The third kappa shape index (κ3) is 4.70. The fraction of sp³-hybridized carbons (Fsp3) is 0.250. The summed E-state index contributed by atoms with van der Waals surface area (Å²) in [6.45, 7) is 2.17. The van der Waals surface area contributed by atoms with E-state index >= 15 is 0 Å². The molecule has 2 aromatic rings. The van der Waals surface area contributed by atoms with Crippen LogP contribution in [0.4, 0.5) is 4.39 Å². The second-order valence-corrected chi connectivity index (χ2v) is 6.23. The van der Waals surface area contributed by atoms with Crippen molar-refractivity contribution in [3.8, 4) is 5.75 Å². The normalized spacial score (nSPS) is 12.2. The predicted molar refractivity (Wildman–Crippen MR) is 87.2 cm³/mol. The molecular weight excluding hydrogens is 357 g/mol. The summed E-state index contributed by atoms with van der Waals surface area (Å²) in [6.07, 6.45) is 0.800. The molecule has 21 heavy (non-hydrogen) atoms. The van der Waals surface area contributed by atoms with E-state index in [4.69, 9.17) is 22.1 Å². The number of ether oxygens (including phenoxy) is 1. The Kier molecular flexibility index (Phi) is 5.62. The molecule has 2 aromatic carbocycles. The molecule has 0 radical (unpaired) electrons. The summed E-state index contributed by atoms with van der Waals surface area (Å²) < 4.78 is 19.7. The molecule has 0 aromatic heterocycles. The van der Waals surface area contributed by atoms with E-state index in [9.17, 15) is 4.39 Å². The Morgan fingerprint density at radius 2 is 2.05 bits per heavy atom. The van der Waals surface area contributed by atoms with E-state index in [1.165, 1.54) is 18.2 Å². The van der Waals surface area contributed by atoms with Gasteiger partial charge in [-0.25, -0.2) is 4.39 Å². The van der Waals surface area contributed by atoms with Crippen molar-refractivity contribution in [1.29, 1.82) is 0 Å². The van der Waals surface area contributed by atoms with Crippen molar-refractivity contribution in [1.82, 2.24) is 0 Å². The van der Waals surface area contributed by atoms with Gasteiger partial charge in [0.2, 0.25) is 0 Å². The van der Waals surface area contributed by atoms with Crippen molar-refractivity contribution in [2.75, 3.05) is 0 Å². The molecule has 0 fully saturated rings. The van der Waals surface area contributed by atoms with Crippen LogP contribution in [0.5, 0.6) is 5.75 Å². The van der Waals surface area contributed by atoms with Crippen molar-refractivity contribution in [2.45, 2.75) is 26.0 Å². The molecule has 2 nitrogen and oxygen atoms in total. The van der Waals surface area contributed by atoms with Gasteiger partial charge >= 0.3 is 0 Å². The fourth-order valence-corrected chi connectivity index (χ4v) is 2.68. The standard InChI is InChI=1S/C16H16BrClFNO/c1-10(20)6-11-2-5-16(14(17)7-11)21-9-12-8-13(19)3-4-15(12)18/h2-5,7-8,10H,6,9,20H2,1H3. The summed E-state index contributed by atoms with van der Waals surface area (Å²) in [6, 6.07) is 10.1. The minimum atomic E-state index is -0.329. The number of rotatable bonds is 5. The largest absolute Gasteiger partial charge is 0.488 e. The van der Waals surface area contributed by atoms with Crippen LogP contribution in [0.15, 0.2) is 40.9 Å². The van der Waals surface area contributed by atoms with Crippen molar-refractivity contribution in [3.05, 3.63) is 62.8 Å². The van der Waals surface area contributed by atoms with Gasteiger partial charge in [-0.05, 0) is 65.2 Å². The number of hydrogen-bond acceptors (Lipinski definition) is 2. The molecule has 2 N–H and O–H groups in total. The molecular formula is C16H16BrClFNO. The molecule has 0 bridgehead atoms. The topological polar surface area (TPSA) is 35.2 Å². The minimum Gasteiger partial charge on any atom is -0.488 e. The third-order valence-electron chi connectivity index (χ3n) is 2.94. The quantitative estimate of drug-likeness (QED) is 0.825. The summed E-state index contributed by atoms with van der Waals surface area (Å²) in [5, 5.41) is 0.487. The summed E-state index contributed by atoms with van der Waals surface area (Å²) in [5.74, 6) is 0.355. The highest BCUT2D eigenvalue weighted by Crippen LogP contribution is 2.28. The first-order chi connectivity index (χ1) is 9.95. The highest BCUT2D eigenvalue weighted by molar-refractivity contribution is 9.10. The van der Waals surface area contributed by atoms with Gasteiger partial charge in [-0.2, -0.15) is 0 Å². The van der Waals surface area contributed by atoms with Gasteiger partial charge in [-0.15, -0.1) is 0 Å². The van der Waals surface area contributed by atoms with Crippen LogP contribution in [-0.4, -0.2) is 6.04 Å². The molecule has 1 atom stereocenters. The Morgan fingerprint density at radius 1 is 1.29 bits per heavy atom. The molecule has 1 unspecified atom stereocenters. The van der Waals surface area contributed by atoms with Gasteiger partial charge in [0.25, 0.3) is 0 Å². The Bertz CT molecular complexity index is 634. The second kappa shape index (κ2) is 7.25. The number of benzene rings is 2. The van der Waals surface area contributed by atoms with Crippen molar-refractivity contribution in [2.24, 2.45) is 5.73 Å². The molecule has 0 amide bonds. The van der Waals surface area contributed by atoms with E-state index in [-0.39, 0.29) is 18.5 Å². The number of halogens is 3. The van der Waals surface area contributed by atoms with Gasteiger partial charge in [0.15, 0.2) is 0 Å². The lowest BCUT2D eigenvalue weighted by molar-refractivity contribution is 0.303. The zero-order chi connectivity index (χ0) is 15.4. The highest BCUT2D eigenvalue weighted by atomic mass is 79.9. The maximum absolute atomic E-state index is 13.2. The summed E-state index contributed by atoms with van der Waals surface area (Å²) in [7, 11) is 0. The van der Waals surface area contributed by atoms with Crippen molar-refractivity contribution in [3.63, 3.8) is 0 Å². The average Bonchev–Trinajstić information content (AvgIpc) is 2.41. The van der Waals surface area contributed by atoms with E-state index < -0.39 is 0 Å². The van der Waals surface area contributed by atoms with Crippen LogP contribution < -0.4 is 10.5 Å². The van der Waals surface area contributed by atoms with Crippen LogP contribution in [-0.2, 0) is 13.0 Å². The smallest absolute Gasteiger partial charge is 0.134 e. The number of hydrogen-bond donors (Lipinski definition) is 1. The third-order valence-corrected chi connectivity index (χ3v) is 3.93. The molecule has 112 valence electrons. The summed E-state index contributed by atoms with van der Waals surface area (Å²) >= 11 is 9.48. The lowest BCUT2D eigenvalue weighted by Gasteiger charge is -2.12. The lowest BCUT2D eigenvalue weighted by atomic mass is 10.1. The maximum atomic E-state index is 13.2. The Hall–Kier alpha value is -1.10. The van der Waals surface area contributed by atoms with Gasteiger partial charge in [-0.1, -0.05) is 17.7 Å². The van der Waals surface area contributed by atoms with Gasteiger partial charge in [0, 0.05) is 16.6 Å². The fourth-order valence-electron chi connectivity index (χ4n) is 1.97. The highest BCUT2D eigenvalue weighted by Gasteiger charge is 2.07. The maximum Gasteiger partial charge on any atom is 0.134 e. The number of nitrogens with two attached hydrogens (primary N) is 1. The van der Waals surface area contributed by atoms with Gasteiger partial charge in [0.1, 0.15) is 18.2 Å². The van der Waals surface area contributed by atoms with Crippen LogP contribution in [0.1, 0.15) is 18.1 Å². The first-order valence-electron chi connectivity index (χ1n) is 6.56. The van der Waals surface area contributed by atoms with E-state index in [1.54, 1.807) is 0 Å². The van der Waals surface area contributed by atoms with Gasteiger partial charge < -0.3 is 10.5 Å². The summed E-state index contributed by atoms with van der Waals surface area (Å²) in [4.78, 5) is 0. The Morgan fingerprint density at radius 3 is 2.71 bits per heavy atom. The first-order valence-corrected chi connectivity index (χ1v) is 7.73. The molecule has 2 rings (SSSR count). The zero-order valence-electron chi connectivity index (χ0n) is 11.6. The van der Waals surface area contributed by atoms with Gasteiger partial charge in [-0.3, -0.25) is 0 Å². The van der Waals surface area contributed by atoms with E-state index in [1.807, 2.05) is 25.1 Å². The minimum absolute atomic E-state index is 0.106. The van der Waals surface area contributed by atoms with Crippen LogP contribution in [0.3, 0.4) is 0 Å². The van der Waals surface area contributed by atoms with E-state index in [2.05, 4.69) is 15.9 Å². The molecule has 0 saturated heterocycles. The monoisotopic (exact) mass is 371 g/mol. The lowest BCUT2D eigenvalue weighted by Crippen LogP contribution is -2.17. The second-order valence-electron chi connectivity index (χ2n) is 4.97. The SMILES string of the molecule is CC(N)Cc1ccc(OCc2cc(F)ccc2Cl)c(Br)c1. The van der Waals surface area contributed by atoms with Crippen LogP contribution in [0.25, 0.3) is 0 Å². The molecule has 0 heterocycles. The molecule has 0 aliphatic heterocycles. The predicted octanol–water partition coefficient (Wildman–Crippen LogP) is 4.71. The average molecular weight is 373 g/mol. The molecule has 0 spiro atoms. The first kappa shape index (κ1) is 16.3. The van der Waals surface area contributed by atoms with Crippen LogP contribution in [0.2, 0.25) is 5.02 Å². The van der Waals surface area contributed by atoms with E-state index in [0.717, 1.165) is 16.5 Å². The van der Waals surface area contributed by atoms with Crippen LogP contribution >= 0.6 is 27.5 Å². The van der Waals surface area contributed by atoms with Gasteiger partial charge in [0.05, 0.1) is 4.47 Å². The van der Waals surface area contributed by atoms with Crippen molar-refractivity contribution < 1.29 is 9.13 Å². The molecule has 0 aliphatic rings. The molecule has 0 saturated carbocycles. The summed E-state index contributed by atoms with van der Waals surface area (Å²) in [5.41, 5.74) is 7.53. The molecule has 5 heteroatoms. The van der Waals surface area contributed by atoms with E-state index in [0.29, 0.717) is 16.3 Å². The van der Waals surface area contributed by atoms with Crippen molar-refractivity contribution >= 4 is 27.5 Å². The van der Waals surface area contributed by atoms with Crippen LogP contribution in [0, 0.1) is 5.82 Å². The zero-order valence-corrected chi connectivity index (χ0v) is 13.9. The Balaban J connectivity index is 2.08. The Labute approximate surface area is 137 Å².